The van der Waals surface area contributed by atoms with Crippen molar-refractivity contribution in [2.24, 2.45) is 0 Å². The summed E-state index contributed by atoms with van der Waals surface area (Å²) in [6.07, 6.45) is 4.43. The van der Waals surface area contributed by atoms with Gasteiger partial charge in [-0.15, -0.1) is 0 Å². The Hall–Kier alpha value is -3.08. The van der Waals surface area contributed by atoms with Crippen molar-refractivity contribution in [1.82, 2.24) is 4.57 Å². The minimum atomic E-state index is -1.02. The Kier molecular flexibility index (Phi) is 4.33. The molecule has 4 nitrogen and oxygen atoms in total. The van der Waals surface area contributed by atoms with E-state index in [0.717, 1.165) is 22.5 Å². The fourth-order valence-corrected chi connectivity index (χ4v) is 2.67. The number of carbonyl (C=O) groups is 1. The number of carboxylic acid groups (broad SMARTS) is 1. The van der Waals surface area contributed by atoms with Gasteiger partial charge in [0.2, 0.25) is 0 Å². The molecular weight excluding hydrogens is 309 g/mol. The summed E-state index contributed by atoms with van der Waals surface area (Å²) in [4.78, 5) is 10.8. The lowest BCUT2D eigenvalue weighted by Gasteiger charge is -2.07. The fraction of sp³-hybridized carbons (Fsp3) is 0.105. The summed E-state index contributed by atoms with van der Waals surface area (Å²) in [5, 5.41) is 9.71. The number of ether oxygens (including phenoxy) is 1. The molecule has 0 aliphatic heterocycles. The number of halogens is 1. The second-order valence-corrected chi connectivity index (χ2v) is 5.36. The Balaban J connectivity index is 2.11. The van der Waals surface area contributed by atoms with E-state index >= 15 is 0 Å². The van der Waals surface area contributed by atoms with Crippen LogP contribution in [-0.2, 0) is 11.3 Å². The first-order chi connectivity index (χ1) is 11.6. The summed E-state index contributed by atoms with van der Waals surface area (Å²) in [6.45, 7) is 0.358. The summed E-state index contributed by atoms with van der Waals surface area (Å²) >= 11 is 0. The number of fused-ring (bicyclic) bond motifs is 1. The summed E-state index contributed by atoms with van der Waals surface area (Å²) in [6, 6.07) is 12.1. The topological polar surface area (TPSA) is 51.5 Å². The van der Waals surface area contributed by atoms with Crippen LogP contribution in [0.3, 0.4) is 0 Å². The predicted octanol–water partition coefficient (Wildman–Crippen LogP) is 3.94. The van der Waals surface area contributed by atoms with Crippen molar-refractivity contribution in [2.45, 2.75) is 6.54 Å². The van der Waals surface area contributed by atoms with Gasteiger partial charge >= 0.3 is 5.97 Å². The number of hydrogen-bond acceptors (Lipinski definition) is 2. The van der Waals surface area contributed by atoms with Gasteiger partial charge in [0.05, 0.1) is 13.7 Å². The highest BCUT2D eigenvalue weighted by Gasteiger charge is 2.10. The highest BCUT2D eigenvalue weighted by molar-refractivity contribution is 5.94. The molecular formula is C19H16FNO3. The highest BCUT2D eigenvalue weighted by Crippen LogP contribution is 2.28. The highest BCUT2D eigenvalue weighted by atomic mass is 19.1. The Labute approximate surface area is 138 Å². The van der Waals surface area contributed by atoms with Gasteiger partial charge in [-0.25, -0.2) is 9.18 Å². The zero-order valence-corrected chi connectivity index (χ0v) is 13.1. The number of nitrogens with zero attached hydrogens (tertiary/aromatic N) is 1. The molecule has 0 bridgehead atoms. The smallest absolute Gasteiger partial charge is 0.328 e. The minimum absolute atomic E-state index is 0.268. The molecule has 24 heavy (non-hydrogen) atoms. The second-order valence-electron chi connectivity index (χ2n) is 5.36. The first kappa shape index (κ1) is 15.8. The molecule has 122 valence electrons. The maximum Gasteiger partial charge on any atom is 0.328 e. The van der Waals surface area contributed by atoms with E-state index in [1.165, 1.54) is 12.1 Å². The summed E-state index contributed by atoms with van der Waals surface area (Å²) < 4.78 is 21.1. The zero-order valence-electron chi connectivity index (χ0n) is 13.1. The average molecular weight is 325 g/mol. The van der Waals surface area contributed by atoms with Gasteiger partial charge in [0, 0.05) is 34.3 Å². The maximum atomic E-state index is 13.9. The minimum Gasteiger partial charge on any atom is -0.497 e. The molecule has 2 aromatic carbocycles. The van der Waals surface area contributed by atoms with Crippen LogP contribution in [0.15, 0.2) is 54.7 Å². The Morgan fingerprint density at radius 1 is 1.29 bits per heavy atom. The van der Waals surface area contributed by atoms with Crippen molar-refractivity contribution in [3.8, 4) is 5.75 Å². The lowest BCUT2D eigenvalue weighted by Crippen LogP contribution is -2.00. The van der Waals surface area contributed by atoms with Gasteiger partial charge in [0.1, 0.15) is 11.6 Å². The second kappa shape index (κ2) is 6.58. The van der Waals surface area contributed by atoms with Crippen LogP contribution < -0.4 is 4.74 Å². The molecule has 3 rings (SSSR count). The first-order valence-corrected chi connectivity index (χ1v) is 7.40. The van der Waals surface area contributed by atoms with Crippen molar-refractivity contribution >= 4 is 22.9 Å². The molecule has 0 spiro atoms. The van der Waals surface area contributed by atoms with Gasteiger partial charge in [-0.2, -0.15) is 0 Å². The predicted molar refractivity (Wildman–Crippen MR) is 90.7 cm³/mol. The molecule has 0 saturated carbocycles. The van der Waals surface area contributed by atoms with Crippen molar-refractivity contribution in [2.75, 3.05) is 7.11 Å². The Morgan fingerprint density at radius 2 is 2.08 bits per heavy atom. The van der Waals surface area contributed by atoms with Crippen molar-refractivity contribution in [1.29, 1.82) is 0 Å². The number of rotatable bonds is 5. The standard InChI is InChI=1S/C19H16FNO3/c1-24-15-7-8-18-16(10-15)13(6-9-19(22)23)11-21(18)12-14-4-2-3-5-17(14)20/h2-11H,12H2,1H3,(H,22,23)/b9-6+. The molecule has 0 fully saturated rings. The van der Waals surface area contributed by atoms with E-state index < -0.39 is 5.97 Å². The van der Waals surface area contributed by atoms with E-state index in [1.807, 2.05) is 29.0 Å². The maximum absolute atomic E-state index is 13.9. The SMILES string of the molecule is COc1ccc2c(c1)c(/C=C/C(=O)O)cn2Cc1ccccc1F. The normalized spacial score (nSPS) is 11.2. The van der Waals surface area contributed by atoms with E-state index in [0.29, 0.717) is 17.9 Å². The third-order valence-electron chi connectivity index (χ3n) is 3.82. The molecule has 1 aromatic heterocycles. The molecule has 0 unspecified atom stereocenters. The summed E-state index contributed by atoms with van der Waals surface area (Å²) in [7, 11) is 1.57. The third-order valence-corrected chi connectivity index (χ3v) is 3.82. The zero-order chi connectivity index (χ0) is 17.1. The van der Waals surface area contributed by atoms with Crippen LogP contribution in [0.1, 0.15) is 11.1 Å². The van der Waals surface area contributed by atoms with Crippen LogP contribution in [0.2, 0.25) is 0 Å². The van der Waals surface area contributed by atoms with Crippen LogP contribution in [-0.4, -0.2) is 22.8 Å². The van der Waals surface area contributed by atoms with E-state index in [2.05, 4.69) is 0 Å². The molecule has 0 amide bonds. The fourth-order valence-electron chi connectivity index (χ4n) is 2.67. The van der Waals surface area contributed by atoms with Crippen LogP contribution in [0.5, 0.6) is 5.75 Å². The molecule has 0 atom stereocenters. The van der Waals surface area contributed by atoms with Gasteiger partial charge in [0.25, 0.3) is 0 Å². The summed E-state index contributed by atoms with van der Waals surface area (Å²) in [5.74, 6) is -0.612. The average Bonchev–Trinajstić information content (AvgIpc) is 2.92. The van der Waals surface area contributed by atoms with E-state index in [1.54, 1.807) is 25.3 Å². The summed E-state index contributed by atoms with van der Waals surface area (Å²) in [5.41, 5.74) is 2.19. The number of benzene rings is 2. The lowest BCUT2D eigenvalue weighted by atomic mass is 10.1. The van der Waals surface area contributed by atoms with Crippen molar-refractivity contribution < 1.29 is 19.0 Å². The van der Waals surface area contributed by atoms with Gasteiger partial charge < -0.3 is 14.4 Å². The third kappa shape index (κ3) is 3.15. The van der Waals surface area contributed by atoms with Gasteiger partial charge in [-0.05, 0) is 30.3 Å². The number of methoxy groups -OCH3 is 1. The number of aliphatic carboxylic acids is 1. The molecule has 3 aromatic rings. The number of carboxylic acids is 1. The Morgan fingerprint density at radius 3 is 2.79 bits per heavy atom. The first-order valence-electron chi connectivity index (χ1n) is 7.40. The van der Waals surface area contributed by atoms with Crippen LogP contribution in [0.25, 0.3) is 17.0 Å². The van der Waals surface area contributed by atoms with Crippen LogP contribution in [0, 0.1) is 5.82 Å². The lowest BCUT2D eigenvalue weighted by molar-refractivity contribution is -0.131. The van der Waals surface area contributed by atoms with E-state index in [9.17, 15) is 9.18 Å². The quantitative estimate of drug-likeness (QED) is 0.723. The van der Waals surface area contributed by atoms with Gasteiger partial charge in [-0.3, -0.25) is 0 Å². The largest absolute Gasteiger partial charge is 0.497 e. The van der Waals surface area contributed by atoms with E-state index in [4.69, 9.17) is 9.84 Å². The van der Waals surface area contributed by atoms with Gasteiger partial charge in [0.15, 0.2) is 0 Å². The van der Waals surface area contributed by atoms with Crippen molar-refractivity contribution in [3.63, 3.8) is 0 Å². The molecule has 5 heteroatoms. The van der Waals surface area contributed by atoms with Gasteiger partial charge in [-0.1, -0.05) is 18.2 Å². The Bertz CT molecular complexity index is 928. The van der Waals surface area contributed by atoms with Crippen LogP contribution >= 0.6 is 0 Å². The van der Waals surface area contributed by atoms with E-state index in [-0.39, 0.29) is 5.82 Å². The number of aromatic nitrogens is 1. The molecule has 0 aliphatic carbocycles. The molecule has 0 radical (unpaired) electrons. The van der Waals surface area contributed by atoms with Crippen LogP contribution in [0.4, 0.5) is 4.39 Å². The molecule has 0 saturated heterocycles. The monoisotopic (exact) mass is 325 g/mol. The molecule has 1 N–H and O–H groups in total. The number of hydrogen-bond donors (Lipinski definition) is 1. The molecule has 1 heterocycles. The van der Waals surface area contributed by atoms with Crippen molar-refractivity contribution in [3.05, 3.63) is 71.7 Å². The molecule has 0 aliphatic rings.